The summed E-state index contributed by atoms with van der Waals surface area (Å²) < 4.78 is 0. The highest BCUT2D eigenvalue weighted by Gasteiger charge is 2.16. The van der Waals surface area contributed by atoms with Gasteiger partial charge < -0.3 is 0 Å². The van der Waals surface area contributed by atoms with Crippen molar-refractivity contribution in [3.05, 3.63) is 56.7 Å². The fourth-order valence-electron chi connectivity index (χ4n) is 1.41. The SMILES string of the molecule is Cc1nc(C=Cc2ccccc2)c([N+](=O)[O-])s1. The molecule has 1 aromatic heterocycles. The molecular weight excluding hydrogens is 236 g/mol. The lowest BCUT2D eigenvalue weighted by molar-refractivity contribution is -0.380. The minimum Gasteiger partial charge on any atom is -0.257 e. The Kier molecular flexibility index (Phi) is 3.30. The third-order valence-electron chi connectivity index (χ3n) is 2.14. The molecule has 0 radical (unpaired) electrons. The summed E-state index contributed by atoms with van der Waals surface area (Å²) in [7, 11) is 0. The molecule has 2 rings (SSSR count). The van der Waals surface area contributed by atoms with Crippen molar-refractivity contribution in [1.29, 1.82) is 0 Å². The lowest BCUT2D eigenvalue weighted by Crippen LogP contribution is -1.86. The molecule has 0 saturated carbocycles. The lowest BCUT2D eigenvalue weighted by atomic mass is 10.2. The summed E-state index contributed by atoms with van der Waals surface area (Å²) in [6.45, 7) is 1.76. The third-order valence-corrected chi connectivity index (χ3v) is 3.08. The average molecular weight is 246 g/mol. The molecule has 0 N–H and O–H groups in total. The number of hydrogen-bond donors (Lipinski definition) is 0. The van der Waals surface area contributed by atoms with E-state index in [0.717, 1.165) is 16.9 Å². The maximum Gasteiger partial charge on any atom is 0.351 e. The Bertz CT molecular complexity index is 561. The van der Waals surface area contributed by atoms with Crippen molar-refractivity contribution in [2.75, 3.05) is 0 Å². The first kappa shape index (κ1) is 11.5. The molecule has 0 aliphatic rings. The van der Waals surface area contributed by atoms with Crippen LogP contribution in [0, 0.1) is 17.0 Å². The number of benzene rings is 1. The van der Waals surface area contributed by atoms with Crippen LogP contribution in [0.25, 0.3) is 12.2 Å². The summed E-state index contributed by atoms with van der Waals surface area (Å²) in [5.74, 6) is 0. The maximum atomic E-state index is 10.8. The highest BCUT2D eigenvalue weighted by Crippen LogP contribution is 2.27. The number of rotatable bonds is 3. The van der Waals surface area contributed by atoms with E-state index in [4.69, 9.17) is 0 Å². The maximum absolute atomic E-state index is 10.8. The van der Waals surface area contributed by atoms with Gasteiger partial charge in [-0.15, -0.1) is 0 Å². The van der Waals surface area contributed by atoms with Crippen molar-refractivity contribution in [2.24, 2.45) is 0 Å². The van der Waals surface area contributed by atoms with Crippen LogP contribution in [0.4, 0.5) is 5.00 Å². The summed E-state index contributed by atoms with van der Waals surface area (Å²) in [4.78, 5) is 14.5. The van der Waals surface area contributed by atoms with Gasteiger partial charge in [-0.1, -0.05) is 36.4 Å². The van der Waals surface area contributed by atoms with E-state index in [2.05, 4.69) is 4.98 Å². The molecule has 0 fully saturated rings. The van der Waals surface area contributed by atoms with Crippen LogP contribution in [0.2, 0.25) is 0 Å². The first-order valence-corrected chi connectivity index (χ1v) is 5.83. The Labute approximate surface area is 102 Å². The molecule has 1 heterocycles. The summed E-state index contributed by atoms with van der Waals surface area (Å²) in [6.07, 6.45) is 3.50. The molecule has 0 spiro atoms. The van der Waals surface area contributed by atoms with Crippen molar-refractivity contribution in [3.8, 4) is 0 Å². The second kappa shape index (κ2) is 4.88. The Morgan fingerprint density at radius 2 is 2.00 bits per heavy atom. The highest BCUT2D eigenvalue weighted by atomic mass is 32.1. The number of aromatic nitrogens is 1. The number of aryl methyl sites for hydroxylation is 1. The predicted molar refractivity (Wildman–Crippen MR) is 68.9 cm³/mol. The molecular formula is C12H10N2O2S. The second-order valence-corrected chi connectivity index (χ2v) is 4.61. The van der Waals surface area contributed by atoms with E-state index in [0.29, 0.717) is 10.7 Å². The van der Waals surface area contributed by atoms with Gasteiger partial charge in [0.1, 0.15) is 0 Å². The van der Waals surface area contributed by atoms with Gasteiger partial charge in [0.05, 0.1) is 9.93 Å². The van der Waals surface area contributed by atoms with Crippen LogP contribution in [0.5, 0.6) is 0 Å². The number of thiazole rings is 1. The van der Waals surface area contributed by atoms with Gasteiger partial charge in [-0.2, -0.15) is 0 Å². The second-order valence-electron chi connectivity index (χ2n) is 3.42. The van der Waals surface area contributed by atoms with Crippen LogP contribution < -0.4 is 0 Å². The number of hydrogen-bond acceptors (Lipinski definition) is 4. The minimum absolute atomic E-state index is 0.0923. The molecule has 0 unspecified atom stereocenters. The molecule has 0 aliphatic heterocycles. The Morgan fingerprint density at radius 3 is 2.65 bits per heavy atom. The van der Waals surface area contributed by atoms with Crippen LogP contribution in [-0.4, -0.2) is 9.91 Å². The summed E-state index contributed by atoms with van der Waals surface area (Å²) in [5, 5.41) is 11.6. The molecule has 0 aliphatic carbocycles. The zero-order valence-electron chi connectivity index (χ0n) is 9.16. The lowest BCUT2D eigenvalue weighted by Gasteiger charge is -1.90. The number of nitro groups is 1. The molecule has 2 aromatic rings. The van der Waals surface area contributed by atoms with Crippen LogP contribution in [0.15, 0.2) is 30.3 Å². The quantitative estimate of drug-likeness (QED) is 0.615. The molecule has 5 heteroatoms. The van der Waals surface area contributed by atoms with Crippen molar-refractivity contribution < 1.29 is 4.92 Å². The first-order chi connectivity index (χ1) is 8.16. The smallest absolute Gasteiger partial charge is 0.257 e. The van der Waals surface area contributed by atoms with Gasteiger partial charge in [0, 0.05) is 0 Å². The standard InChI is InChI=1S/C12H10N2O2S/c1-9-13-11(12(17-9)14(15)16)8-7-10-5-3-2-4-6-10/h2-8H,1H3. The molecule has 0 saturated heterocycles. The Morgan fingerprint density at radius 1 is 1.29 bits per heavy atom. The summed E-state index contributed by atoms with van der Waals surface area (Å²) in [5.41, 5.74) is 1.41. The van der Waals surface area contributed by atoms with Gasteiger partial charge in [-0.3, -0.25) is 10.1 Å². The zero-order chi connectivity index (χ0) is 12.3. The molecule has 86 valence electrons. The van der Waals surface area contributed by atoms with Crippen molar-refractivity contribution in [1.82, 2.24) is 4.98 Å². The molecule has 1 aromatic carbocycles. The van der Waals surface area contributed by atoms with Crippen LogP contribution >= 0.6 is 11.3 Å². The van der Waals surface area contributed by atoms with Crippen molar-refractivity contribution in [3.63, 3.8) is 0 Å². The normalized spacial score (nSPS) is 10.9. The molecule has 0 amide bonds. The minimum atomic E-state index is -0.394. The van der Waals surface area contributed by atoms with Gasteiger partial charge in [0.2, 0.25) is 0 Å². The predicted octanol–water partition coefficient (Wildman–Crippen LogP) is 3.53. The van der Waals surface area contributed by atoms with E-state index in [1.165, 1.54) is 0 Å². The van der Waals surface area contributed by atoms with Gasteiger partial charge >= 0.3 is 5.00 Å². The molecule has 0 atom stereocenters. The van der Waals surface area contributed by atoms with E-state index in [9.17, 15) is 10.1 Å². The number of nitrogens with zero attached hydrogens (tertiary/aromatic N) is 2. The fourth-order valence-corrected chi connectivity index (χ4v) is 2.13. The van der Waals surface area contributed by atoms with Gasteiger partial charge in [0.25, 0.3) is 0 Å². The third kappa shape index (κ3) is 2.76. The molecule has 4 nitrogen and oxygen atoms in total. The van der Waals surface area contributed by atoms with Crippen LogP contribution in [0.1, 0.15) is 16.3 Å². The van der Waals surface area contributed by atoms with Crippen molar-refractivity contribution >= 4 is 28.5 Å². The Balaban J connectivity index is 2.30. The van der Waals surface area contributed by atoms with Crippen LogP contribution in [0.3, 0.4) is 0 Å². The monoisotopic (exact) mass is 246 g/mol. The van der Waals surface area contributed by atoms with E-state index >= 15 is 0 Å². The van der Waals surface area contributed by atoms with E-state index in [1.807, 2.05) is 36.4 Å². The average Bonchev–Trinajstić information content (AvgIpc) is 2.69. The zero-order valence-corrected chi connectivity index (χ0v) is 9.98. The highest BCUT2D eigenvalue weighted by molar-refractivity contribution is 7.15. The molecule has 17 heavy (non-hydrogen) atoms. The largest absolute Gasteiger partial charge is 0.351 e. The summed E-state index contributed by atoms with van der Waals surface area (Å²) in [6, 6.07) is 9.62. The first-order valence-electron chi connectivity index (χ1n) is 5.02. The van der Waals surface area contributed by atoms with Gasteiger partial charge in [-0.25, -0.2) is 4.98 Å². The van der Waals surface area contributed by atoms with E-state index in [1.54, 1.807) is 13.0 Å². The summed E-state index contributed by atoms with van der Waals surface area (Å²) >= 11 is 1.10. The van der Waals surface area contributed by atoms with Crippen LogP contribution in [-0.2, 0) is 0 Å². The van der Waals surface area contributed by atoms with E-state index < -0.39 is 4.92 Å². The topological polar surface area (TPSA) is 56.0 Å². The van der Waals surface area contributed by atoms with Gasteiger partial charge in [0.15, 0.2) is 5.69 Å². The van der Waals surface area contributed by atoms with Gasteiger partial charge in [-0.05, 0) is 29.9 Å². The van der Waals surface area contributed by atoms with Crippen molar-refractivity contribution in [2.45, 2.75) is 6.92 Å². The molecule has 0 bridgehead atoms. The Hall–Kier alpha value is -2.01. The van der Waals surface area contributed by atoms with E-state index in [-0.39, 0.29) is 5.00 Å². The fraction of sp³-hybridized carbons (Fsp3) is 0.0833.